The molecular weight excluding hydrogens is 317 g/mol. The van der Waals surface area contributed by atoms with Gasteiger partial charge < -0.3 is 5.32 Å². The minimum atomic E-state index is -0.409. The molecule has 1 aliphatic rings. The number of rotatable bonds is 5. The number of hydrogen-bond acceptors (Lipinski definition) is 5. The van der Waals surface area contributed by atoms with Crippen molar-refractivity contribution in [2.24, 2.45) is 0 Å². The van der Waals surface area contributed by atoms with Crippen molar-refractivity contribution in [1.82, 2.24) is 25.5 Å². The van der Waals surface area contributed by atoms with Crippen LogP contribution >= 0.6 is 11.8 Å². The van der Waals surface area contributed by atoms with Crippen molar-refractivity contribution in [2.75, 3.05) is 5.75 Å². The number of para-hydroxylation sites is 1. The molecule has 0 saturated heterocycles. The largest absolute Gasteiger partial charge is 0.353 e. The van der Waals surface area contributed by atoms with E-state index in [-0.39, 0.29) is 23.4 Å². The van der Waals surface area contributed by atoms with E-state index in [9.17, 15) is 9.18 Å². The summed E-state index contributed by atoms with van der Waals surface area (Å²) in [5.74, 6) is -0.232. The monoisotopic (exact) mass is 335 g/mol. The summed E-state index contributed by atoms with van der Waals surface area (Å²) in [6.07, 6.45) is 5.68. The highest BCUT2D eigenvalue weighted by atomic mass is 32.2. The Morgan fingerprint density at radius 3 is 2.87 bits per heavy atom. The first-order valence-electron chi connectivity index (χ1n) is 7.69. The predicted octanol–water partition coefficient (Wildman–Crippen LogP) is 2.34. The molecule has 1 amide bonds. The fourth-order valence-electron chi connectivity index (χ4n) is 2.69. The molecule has 1 fully saturated rings. The molecule has 122 valence electrons. The summed E-state index contributed by atoms with van der Waals surface area (Å²) in [5, 5.41) is 14.7. The Balaban J connectivity index is 1.60. The normalized spacial score (nSPS) is 15.5. The summed E-state index contributed by atoms with van der Waals surface area (Å²) in [6.45, 7) is 0. The fraction of sp³-hybridized carbons (Fsp3) is 0.467. The molecule has 1 saturated carbocycles. The molecule has 0 radical (unpaired) electrons. The molecule has 23 heavy (non-hydrogen) atoms. The van der Waals surface area contributed by atoms with Crippen molar-refractivity contribution in [2.45, 2.75) is 43.3 Å². The van der Waals surface area contributed by atoms with Crippen LogP contribution in [0.2, 0.25) is 0 Å². The number of carbonyl (C=O) groups is 1. The second kappa shape index (κ2) is 7.54. The average molecular weight is 335 g/mol. The van der Waals surface area contributed by atoms with Crippen LogP contribution in [0.3, 0.4) is 0 Å². The lowest BCUT2D eigenvalue weighted by Crippen LogP contribution is -2.37. The first-order chi connectivity index (χ1) is 11.2. The van der Waals surface area contributed by atoms with Gasteiger partial charge in [0.1, 0.15) is 11.5 Å². The quantitative estimate of drug-likeness (QED) is 0.849. The second-order valence-electron chi connectivity index (χ2n) is 5.52. The van der Waals surface area contributed by atoms with Crippen LogP contribution < -0.4 is 5.32 Å². The number of halogens is 1. The fourth-order valence-corrected chi connectivity index (χ4v) is 3.38. The molecule has 0 spiro atoms. The van der Waals surface area contributed by atoms with Gasteiger partial charge in [0.2, 0.25) is 11.1 Å². The summed E-state index contributed by atoms with van der Waals surface area (Å²) in [7, 11) is 0. The van der Waals surface area contributed by atoms with E-state index in [1.807, 2.05) is 0 Å². The van der Waals surface area contributed by atoms with E-state index in [2.05, 4.69) is 20.8 Å². The molecular formula is C15H18FN5OS. The minimum absolute atomic E-state index is 0.0371. The number of hydrogen-bond donors (Lipinski definition) is 1. The van der Waals surface area contributed by atoms with E-state index in [4.69, 9.17) is 0 Å². The molecule has 8 heteroatoms. The van der Waals surface area contributed by atoms with Gasteiger partial charge in [0.05, 0.1) is 5.75 Å². The van der Waals surface area contributed by atoms with E-state index in [0.717, 1.165) is 12.8 Å². The summed E-state index contributed by atoms with van der Waals surface area (Å²) < 4.78 is 15.1. The van der Waals surface area contributed by atoms with Crippen molar-refractivity contribution < 1.29 is 9.18 Å². The van der Waals surface area contributed by atoms with Crippen LogP contribution in [0.1, 0.15) is 32.1 Å². The predicted molar refractivity (Wildman–Crippen MR) is 84.9 cm³/mol. The molecule has 0 aliphatic heterocycles. The van der Waals surface area contributed by atoms with Crippen molar-refractivity contribution >= 4 is 17.7 Å². The lowest BCUT2D eigenvalue weighted by molar-refractivity contribution is -0.119. The highest BCUT2D eigenvalue weighted by Crippen LogP contribution is 2.21. The summed E-state index contributed by atoms with van der Waals surface area (Å²) in [4.78, 5) is 12.0. The van der Waals surface area contributed by atoms with Crippen molar-refractivity contribution in [3.63, 3.8) is 0 Å². The van der Waals surface area contributed by atoms with Gasteiger partial charge >= 0.3 is 0 Å². The van der Waals surface area contributed by atoms with Gasteiger partial charge in [-0.05, 0) is 35.4 Å². The Kier molecular flexibility index (Phi) is 5.22. The first kappa shape index (κ1) is 15.9. The van der Waals surface area contributed by atoms with E-state index < -0.39 is 5.82 Å². The topological polar surface area (TPSA) is 72.7 Å². The van der Waals surface area contributed by atoms with Crippen molar-refractivity contribution in [3.8, 4) is 5.69 Å². The zero-order valence-corrected chi connectivity index (χ0v) is 13.4. The smallest absolute Gasteiger partial charge is 0.230 e. The Hall–Kier alpha value is -1.96. The van der Waals surface area contributed by atoms with Gasteiger partial charge in [0.25, 0.3) is 0 Å². The lowest BCUT2D eigenvalue weighted by Gasteiger charge is -2.22. The van der Waals surface area contributed by atoms with Crippen LogP contribution in [0.15, 0.2) is 29.4 Å². The van der Waals surface area contributed by atoms with Crippen LogP contribution in [0.4, 0.5) is 4.39 Å². The van der Waals surface area contributed by atoms with Crippen LogP contribution in [0, 0.1) is 5.82 Å². The van der Waals surface area contributed by atoms with Crippen LogP contribution in [-0.4, -0.2) is 37.9 Å². The van der Waals surface area contributed by atoms with Crippen molar-refractivity contribution in [1.29, 1.82) is 0 Å². The molecule has 1 aromatic carbocycles. The molecule has 1 aromatic heterocycles. The molecule has 0 atom stereocenters. The standard InChI is InChI=1S/C15H18FN5OS/c16-12-8-4-5-9-13(12)21-15(18-19-20-21)23-10-14(22)17-11-6-2-1-3-7-11/h4-5,8-9,11H,1-3,6-7,10H2,(H,17,22). The third kappa shape index (κ3) is 4.07. The van der Waals surface area contributed by atoms with Gasteiger partial charge in [-0.2, -0.15) is 4.68 Å². The summed E-state index contributed by atoms with van der Waals surface area (Å²) in [5.41, 5.74) is 0.271. The van der Waals surface area contributed by atoms with E-state index in [0.29, 0.717) is 5.16 Å². The number of tetrazole rings is 1. The number of nitrogens with one attached hydrogen (secondary N) is 1. The zero-order chi connectivity index (χ0) is 16.1. The summed E-state index contributed by atoms with van der Waals surface area (Å²) >= 11 is 1.20. The number of thioether (sulfide) groups is 1. The Morgan fingerprint density at radius 1 is 1.30 bits per heavy atom. The van der Waals surface area contributed by atoms with Gasteiger partial charge in [-0.25, -0.2) is 4.39 Å². The number of benzene rings is 1. The molecule has 1 heterocycles. The SMILES string of the molecule is O=C(CSc1nnnn1-c1ccccc1F)NC1CCCCC1. The van der Waals surface area contributed by atoms with Gasteiger partial charge in [-0.15, -0.1) is 5.10 Å². The average Bonchev–Trinajstić information content (AvgIpc) is 3.03. The third-order valence-corrected chi connectivity index (χ3v) is 4.74. The lowest BCUT2D eigenvalue weighted by atomic mass is 9.95. The number of aromatic nitrogens is 4. The number of carbonyl (C=O) groups excluding carboxylic acids is 1. The molecule has 2 aromatic rings. The Morgan fingerprint density at radius 2 is 2.09 bits per heavy atom. The van der Waals surface area contributed by atoms with E-state index >= 15 is 0 Å². The highest BCUT2D eigenvalue weighted by molar-refractivity contribution is 7.99. The molecule has 0 bridgehead atoms. The van der Waals surface area contributed by atoms with Gasteiger partial charge in [0, 0.05) is 6.04 Å². The first-order valence-corrected chi connectivity index (χ1v) is 8.68. The molecule has 0 unspecified atom stereocenters. The van der Waals surface area contributed by atoms with Gasteiger partial charge in [0.15, 0.2) is 0 Å². The molecule has 3 rings (SSSR count). The maximum atomic E-state index is 13.8. The van der Waals surface area contributed by atoms with Gasteiger partial charge in [-0.3, -0.25) is 4.79 Å². The van der Waals surface area contributed by atoms with E-state index in [1.165, 1.54) is 41.8 Å². The maximum Gasteiger partial charge on any atom is 0.230 e. The zero-order valence-electron chi connectivity index (χ0n) is 12.6. The van der Waals surface area contributed by atoms with Crippen molar-refractivity contribution in [3.05, 3.63) is 30.1 Å². The summed E-state index contributed by atoms with van der Waals surface area (Å²) in [6, 6.07) is 6.54. The van der Waals surface area contributed by atoms with Crippen LogP contribution in [0.5, 0.6) is 0 Å². The van der Waals surface area contributed by atoms with E-state index in [1.54, 1.807) is 18.2 Å². The Bertz CT molecular complexity index is 671. The Labute approximate surface area is 137 Å². The van der Waals surface area contributed by atoms with Gasteiger partial charge in [-0.1, -0.05) is 43.2 Å². The molecule has 6 nitrogen and oxygen atoms in total. The minimum Gasteiger partial charge on any atom is -0.353 e. The van der Waals surface area contributed by atoms with Crippen LogP contribution in [-0.2, 0) is 4.79 Å². The molecule has 1 N–H and O–H groups in total. The second-order valence-corrected chi connectivity index (χ2v) is 6.46. The maximum absolute atomic E-state index is 13.8. The number of nitrogens with zero attached hydrogens (tertiary/aromatic N) is 4. The third-order valence-electron chi connectivity index (χ3n) is 3.82. The van der Waals surface area contributed by atoms with Crippen LogP contribution in [0.25, 0.3) is 5.69 Å². The molecule has 1 aliphatic carbocycles. The highest BCUT2D eigenvalue weighted by Gasteiger charge is 2.17. The number of amides is 1.